The predicted molar refractivity (Wildman–Crippen MR) is 94.6 cm³/mol. The number of carbonyl (C=O) groups is 1. The first kappa shape index (κ1) is 16.6. The summed E-state index contributed by atoms with van der Waals surface area (Å²) in [5, 5.41) is 7.99. The van der Waals surface area contributed by atoms with Gasteiger partial charge < -0.3 is 18.6 Å². The van der Waals surface area contributed by atoms with Gasteiger partial charge in [-0.3, -0.25) is 0 Å². The summed E-state index contributed by atoms with van der Waals surface area (Å²) < 4.78 is 12.8. The molecule has 0 atom stereocenters. The van der Waals surface area contributed by atoms with Crippen LogP contribution in [0.1, 0.15) is 31.7 Å². The molecule has 1 saturated heterocycles. The lowest BCUT2D eigenvalue weighted by Crippen LogP contribution is -2.39. The van der Waals surface area contributed by atoms with Crippen molar-refractivity contribution in [2.75, 3.05) is 19.7 Å². The molecule has 26 heavy (non-hydrogen) atoms. The van der Waals surface area contributed by atoms with Gasteiger partial charge in [0.15, 0.2) is 0 Å². The highest BCUT2D eigenvalue weighted by atomic mass is 16.6. The molecular formula is C18H21N5O3. The first-order valence-corrected chi connectivity index (χ1v) is 8.84. The van der Waals surface area contributed by atoms with Gasteiger partial charge >= 0.3 is 6.09 Å². The standard InChI is InChI=1S/C18H21N5O3/c1-3-25-18(24)22-8-6-14(7-9-22)23-11-19-15-5-4-13(10-16(15)23)17-21-20-12(2)26-17/h4-5,10-11,14H,3,6-9H2,1-2H3. The molecule has 0 bridgehead atoms. The highest BCUT2D eigenvalue weighted by Gasteiger charge is 2.25. The normalized spacial score (nSPS) is 15.5. The van der Waals surface area contributed by atoms with Crippen molar-refractivity contribution >= 4 is 17.1 Å². The maximum absolute atomic E-state index is 11.9. The number of piperidine rings is 1. The molecule has 1 aliphatic heterocycles. The van der Waals surface area contributed by atoms with Gasteiger partial charge in [0, 0.05) is 31.6 Å². The number of carbonyl (C=O) groups excluding carboxylic acids is 1. The minimum Gasteiger partial charge on any atom is -0.450 e. The van der Waals surface area contributed by atoms with Crippen LogP contribution in [0.25, 0.3) is 22.5 Å². The number of ether oxygens (including phenoxy) is 1. The van der Waals surface area contributed by atoms with Crippen molar-refractivity contribution in [2.45, 2.75) is 32.7 Å². The fourth-order valence-electron chi connectivity index (χ4n) is 3.40. The molecule has 0 N–H and O–H groups in total. The molecular weight excluding hydrogens is 334 g/mol. The van der Waals surface area contributed by atoms with Gasteiger partial charge in [-0.2, -0.15) is 0 Å². The van der Waals surface area contributed by atoms with Crippen LogP contribution in [-0.2, 0) is 4.74 Å². The van der Waals surface area contributed by atoms with Crippen molar-refractivity contribution < 1.29 is 13.9 Å². The first-order valence-electron chi connectivity index (χ1n) is 8.84. The molecule has 0 saturated carbocycles. The van der Waals surface area contributed by atoms with Crippen LogP contribution in [0.4, 0.5) is 4.79 Å². The Balaban J connectivity index is 1.56. The largest absolute Gasteiger partial charge is 0.450 e. The lowest BCUT2D eigenvalue weighted by Gasteiger charge is -2.32. The highest BCUT2D eigenvalue weighted by Crippen LogP contribution is 2.29. The van der Waals surface area contributed by atoms with Crippen LogP contribution in [0.5, 0.6) is 0 Å². The summed E-state index contributed by atoms with van der Waals surface area (Å²) in [6.45, 7) is 5.38. The van der Waals surface area contributed by atoms with Gasteiger partial charge in [0.2, 0.25) is 11.8 Å². The van der Waals surface area contributed by atoms with Crippen LogP contribution in [0.15, 0.2) is 28.9 Å². The number of aryl methyl sites for hydroxylation is 1. The second kappa shape index (κ2) is 6.78. The van der Waals surface area contributed by atoms with Crippen LogP contribution in [0, 0.1) is 6.92 Å². The zero-order valence-corrected chi connectivity index (χ0v) is 14.9. The van der Waals surface area contributed by atoms with E-state index in [2.05, 4.69) is 19.7 Å². The Bertz CT molecular complexity index is 924. The summed E-state index contributed by atoms with van der Waals surface area (Å²) >= 11 is 0. The average molecular weight is 355 g/mol. The summed E-state index contributed by atoms with van der Waals surface area (Å²) in [7, 11) is 0. The van der Waals surface area contributed by atoms with E-state index in [-0.39, 0.29) is 6.09 Å². The molecule has 3 heterocycles. The summed E-state index contributed by atoms with van der Waals surface area (Å²) in [6, 6.07) is 6.24. The van der Waals surface area contributed by atoms with Crippen molar-refractivity contribution in [1.29, 1.82) is 0 Å². The number of benzene rings is 1. The van der Waals surface area contributed by atoms with E-state index in [1.165, 1.54) is 0 Å². The van der Waals surface area contributed by atoms with Gasteiger partial charge in [-0.25, -0.2) is 9.78 Å². The topological polar surface area (TPSA) is 86.3 Å². The lowest BCUT2D eigenvalue weighted by atomic mass is 10.0. The summed E-state index contributed by atoms with van der Waals surface area (Å²) in [5.74, 6) is 1.05. The van der Waals surface area contributed by atoms with E-state index in [1.807, 2.05) is 31.5 Å². The van der Waals surface area contributed by atoms with Gasteiger partial charge in [0.25, 0.3) is 0 Å². The van der Waals surface area contributed by atoms with Crippen molar-refractivity contribution in [2.24, 2.45) is 0 Å². The molecule has 1 fully saturated rings. The SMILES string of the molecule is CCOC(=O)N1CCC(n2cnc3ccc(-c4nnc(C)o4)cc32)CC1. The zero-order chi connectivity index (χ0) is 18.1. The molecule has 1 amide bonds. The fraction of sp³-hybridized carbons (Fsp3) is 0.444. The van der Waals surface area contributed by atoms with Crippen LogP contribution < -0.4 is 0 Å². The maximum Gasteiger partial charge on any atom is 0.409 e. The molecule has 0 radical (unpaired) electrons. The smallest absolute Gasteiger partial charge is 0.409 e. The van der Waals surface area contributed by atoms with E-state index in [1.54, 1.807) is 11.8 Å². The highest BCUT2D eigenvalue weighted by molar-refractivity contribution is 5.80. The Morgan fingerprint density at radius 3 is 2.81 bits per heavy atom. The lowest BCUT2D eigenvalue weighted by molar-refractivity contribution is 0.0930. The number of amides is 1. The number of hydrogen-bond acceptors (Lipinski definition) is 6. The van der Waals surface area contributed by atoms with E-state index in [0.717, 1.165) is 29.4 Å². The molecule has 0 aliphatic carbocycles. The zero-order valence-electron chi connectivity index (χ0n) is 14.9. The van der Waals surface area contributed by atoms with Crippen molar-refractivity contribution in [1.82, 2.24) is 24.6 Å². The Morgan fingerprint density at radius 1 is 1.31 bits per heavy atom. The van der Waals surface area contributed by atoms with E-state index in [9.17, 15) is 4.79 Å². The van der Waals surface area contributed by atoms with E-state index >= 15 is 0 Å². The van der Waals surface area contributed by atoms with Crippen molar-refractivity contribution in [3.05, 3.63) is 30.4 Å². The number of likely N-dealkylation sites (tertiary alicyclic amines) is 1. The number of aromatic nitrogens is 4. The van der Waals surface area contributed by atoms with Crippen molar-refractivity contribution in [3.63, 3.8) is 0 Å². The Hall–Kier alpha value is -2.90. The molecule has 1 aromatic carbocycles. The van der Waals surface area contributed by atoms with E-state index < -0.39 is 0 Å². The van der Waals surface area contributed by atoms with Crippen LogP contribution in [-0.4, -0.2) is 50.4 Å². The molecule has 3 aromatic rings. The molecule has 2 aromatic heterocycles. The number of nitrogens with zero attached hydrogens (tertiary/aromatic N) is 5. The average Bonchev–Trinajstić information content (AvgIpc) is 3.27. The van der Waals surface area contributed by atoms with Crippen LogP contribution in [0.2, 0.25) is 0 Å². The van der Waals surface area contributed by atoms with Gasteiger partial charge in [0.1, 0.15) is 0 Å². The third-order valence-electron chi connectivity index (χ3n) is 4.73. The molecule has 8 heteroatoms. The summed E-state index contributed by atoms with van der Waals surface area (Å²) in [4.78, 5) is 18.1. The minimum atomic E-state index is -0.226. The monoisotopic (exact) mass is 355 g/mol. The first-order chi connectivity index (χ1) is 12.7. The quantitative estimate of drug-likeness (QED) is 0.717. The van der Waals surface area contributed by atoms with Crippen LogP contribution in [0.3, 0.4) is 0 Å². The fourth-order valence-corrected chi connectivity index (χ4v) is 3.40. The van der Waals surface area contributed by atoms with Crippen molar-refractivity contribution in [3.8, 4) is 11.5 Å². The number of rotatable bonds is 3. The number of hydrogen-bond donors (Lipinski definition) is 0. The Morgan fingerprint density at radius 2 is 2.12 bits per heavy atom. The maximum atomic E-state index is 11.9. The second-order valence-corrected chi connectivity index (χ2v) is 6.40. The molecule has 8 nitrogen and oxygen atoms in total. The Labute approximate surface area is 150 Å². The minimum absolute atomic E-state index is 0.226. The number of imidazole rings is 1. The molecule has 136 valence electrons. The molecule has 0 spiro atoms. The molecule has 4 rings (SSSR count). The predicted octanol–water partition coefficient (Wildman–Crippen LogP) is 3.19. The van der Waals surface area contributed by atoms with Gasteiger partial charge in [0.05, 0.1) is 24.0 Å². The third-order valence-corrected chi connectivity index (χ3v) is 4.73. The Kier molecular flexibility index (Phi) is 4.32. The molecule has 0 unspecified atom stereocenters. The molecule has 1 aliphatic rings. The summed E-state index contributed by atoms with van der Waals surface area (Å²) in [6.07, 6.45) is 3.39. The van der Waals surface area contributed by atoms with E-state index in [4.69, 9.17) is 9.15 Å². The van der Waals surface area contributed by atoms with Gasteiger partial charge in [-0.15, -0.1) is 10.2 Å². The summed E-state index contributed by atoms with van der Waals surface area (Å²) in [5.41, 5.74) is 2.84. The van der Waals surface area contributed by atoms with E-state index in [0.29, 0.717) is 37.5 Å². The second-order valence-electron chi connectivity index (χ2n) is 6.40. The number of fused-ring (bicyclic) bond motifs is 1. The third kappa shape index (κ3) is 3.02. The van der Waals surface area contributed by atoms with Crippen LogP contribution >= 0.6 is 0 Å². The van der Waals surface area contributed by atoms with Gasteiger partial charge in [-0.1, -0.05) is 0 Å². The van der Waals surface area contributed by atoms with Gasteiger partial charge in [-0.05, 0) is 38.0 Å².